The van der Waals surface area contributed by atoms with Gasteiger partial charge in [0.05, 0.1) is 0 Å². The Balaban J connectivity index is 2.25. The predicted molar refractivity (Wildman–Crippen MR) is 41.7 cm³/mol. The summed E-state index contributed by atoms with van der Waals surface area (Å²) in [4.78, 5) is 15.8. The number of hydrogen-bond acceptors (Lipinski definition) is 3. The highest BCUT2D eigenvalue weighted by Gasteiger charge is 2.16. The summed E-state index contributed by atoms with van der Waals surface area (Å²) in [5.74, 6) is -0.260. The van der Waals surface area contributed by atoms with Gasteiger partial charge in [0.15, 0.2) is 0 Å². The maximum absolute atomic E-state index is 10.9. The molecule has 0 aliphatic carbocycles. The van der Waals surface area contributed by atoms with Crippen LogP contribution in [-0.2, 0) is 9.63 Å². The van der Waals surface area contributed by atoms with Gasteiger partial charge in [0, 0.05) is 19.2 Å². The van der Waals surface area contributed by atoms with Gasteiger partial charge in [-0.3, -0.25) is 0 Å². The van der Waals surface area contributed by atoms with E-state index in [0.717, 1.165) is 25.1 Å². The highest BCUT2D eigenvalue weighted by Crippen LogP contribution is 2.06. The zero-order valence-electron chi connectivity index (χ0n) is 6.96. The number of hydroxylamine groups is 2. The van der Waals surface area contributed by atoms with Crippen LogP contribution in [0.5, 0.6) is 0 Å². The van der Waals surface area contributed by atoms with E-state index >= 15 is 0 Å². The first-order valence-corrected chi connectivity index (χ1v) is 3.80. The third-order valence-electron chi connectivity index (χ3n) is 1.44. The topological polar surface area (TPSA) is 29.5 Å². The molecule has 3 heteroatoms. The van der Waals surface area contributed by atoms with Crippen LogP contribution in [0.15, 0.2) is 11.6 Å². The molecule has 1 fully saturated rings. The van der Waals surface area contributed by atoms with E-state index in [4.69, 9.17) is 4.84 Å². The fourth-order valence-electron chi connectivity index (χ4n) is 0.768. The average Bonchev–Trinajstić information content (AvgIpc) is 1.77. The summed E-state index contributed by atoms with van der Waals surface area (Å²) in [6.07, 6.45) is 2.63. The Bertz CT molecular complexity index is 179. The van der Waals surface area contributed by atoms with Crippen molar-refractivity contribution in [3.63, 3.8) is 0 Å². The number of nitrogens with zero attached hydrogens (tertiary/aromatic N) is 1. The Morgan fingerprint density at radius 1 is 1.45 bits per heavy atom. The van der Waals surface area contributed by atoms with Gasteiger partial charge in [-0.2, -0.15) is 0 Å². The fourth-order valence-corrected chi connectivity index (χ4v) is 0.768. The lowest BCUT2D eigenvalue weighted by atomic mass is 10.3. The molecule has 0 amide bonds. The zero-order chi connectivity index (χ0) is 8.27. The van der Waals surface area contributed by atoms with Crippen LogP contribution in [0.2, 0.25) is 0 Å². The van der Waals surface area contributed by atoms with Gasteiger partial charge in [0.1, 0.15) is 0 Å². The Morgan fingerprint density at radius 3 is 2.45 bits per heavy atom. The molecule has 1 heterocycles. The van der Waals surface area contributed by atoms with Crippen molar-refractivity contribution in [2.24, 2.45) is 0 Å². The summed E-state index contributed by atoms with van der Waals surface area (Å²) in [6, 6.07) is 0. The number of carbonyl (C=O) groups excluding carboxylic acids is 1. The van der Waals surface area contributed by atoms with Crippen molar-refractivity contribution >= 4 is 5.97 Å². The van der Waals surface area contributed by atoms with E-state index in [1.807, 2.05) is 13.8 Å². The molecule has 1 aliphatic heterocycles. The van der Waals surface area contributed by atoms with Gasteiger partial charge in [-0.05, 0) is 20.3 Å². The SMILES string of the molecule is CC(C)=CC(=O)ON1CCC1. The first-order chi connectivity index (χ1) is 5.18. The quantitative estimate of drug-likeness (QED) is 0.559. The third kappa shape index (κ3) is 2.72. The van der Waals surface area contributed by atoms with E-state index in [1.165, 1.54) is 6.08 Å². The van der Waals surface area contributed by atoms with Crippen LogP contribution in [0, 0.1) is 0 Å². The fraction of sp³-hybridized carbons (Fsp3) is 0.625. The summed E-state index contributed by atoms with van der Waals surface area (Å²) >= 11 is 0. The van der Waals surface area contributed by atoms with E-state index in [0.29, 0.717) is 0 Å². The Hall–Kier alpha value is -0.830. The minimum Gasteiger partial charge on any atom is -0.364 e. The average molecular weight is 155 g/mol. The molecular weight excluding hydrogens is 142 g/mol. The number of allylic oxidation sites excluding steroid dienone is 1. The minimum absolute atomic E-state index is 0.260. The van der Waals surface area contributed by atoms with Crippen molar-refractivity contribution < 1.29 is 9.63 Å². The molecule has 1 aliphatic rings. The molecule has 0 atom stereocenters. The molecule has 11 heavy (non-hydrogen) atoms. The molecule has 0 aromatic carbocycles. The highest BCUT2D eigenvalue weighted by molar-refractivity contribution is 5.82. The van der Waals surface area contributed by atoms with Crippen molar-refractivity contribution in [1.29, 1.82) is 0 Å². The molecule has 0 aromatic rings. The van der Waals surface area contributed by atoms with Crippen LogP contribution in [0.4, 0.5) is 0 Å². The molecule has 3 nitrogen and oxygen atoms in total. The van der Waals surface area contributed by atoms with Crippen LogP contribution >= 0.6 is 0 Å². The van der Waals surface area contributed by atoms with Gasteiger partial charge in [0.2, 0.25) is 0 Å². The lowest BCUT2D eigenvalue weighted by Crippen LogP contribution is -2.38. The monoisotopic (exact) mass is 155 g/mol. The summed E-state index contributed by atoms with van der Waals surface area (Å²) in [6.45, 7) is 5.50. The van der Waals surface area contributed by atoms with Crippen molar-refractivity contribution in [2.75, 3.05) is 13.1 Å². The second kappa shape index (κ2) is 3.53. The van der Waals surface area contributed by atoms with E-state index in [-0.39, 0.29) is 5.97 Å². The highest BCUT2D eigenvalue weighted by atomic mass is 16.7. The van der Waals surface area contributed by atoms with Crippen LogP contribution < -0.4 is 0 Å². The molecule has 1 rings (SSSR count). The predicted octanol–water partition coefficient (Wildman–Crippen LogP) is 1.12. The van der Waals surface area contributed by atoms with Crippen LogP contribution in [-0.4, -0.2) is 24.1 Å². The minimum atomic E-state index is -0.260. The van der Waals surface area contributed by atoms with Gasteiger partial charge < -0.3 is 4.84 Å². The first kappa shape index (κ1) is 8.27. The van der Waals surface area contributed by atoms with Crippen LogP contribution in [0.1, 0.15) is 20.3 Å². The maximum Gasteiger partial charge on any atom is 0.349 e. The zero-order valence-corrected chi connectivity index (χ0v) is 6.96. The lowest BCUT2D eigenvalue weighted by Gasteiger charge is -2.27. The first-order valence-electron chi connectivity index (χ1n) is 3.80. The second-order valence-corrected chi connectivity index (χ2v) is 2.91. The molecule has 0 radical (unpaired) electrons. The molecule has 0 bridgehead atoms. The summed E-state index contributed by atoms with van der Waals surface area (Å²) in [5, 5.41) is 1.67. The normalized spacial score (nSPS) is 16.9. The second-order valence-electron chi connectivity index (χ2n) is 2.91. The van der Waals surface area contributed by atoms with Crippen molar-refractivity contribution in [2.45, 2.75) is 20.3 Å². The smallest absolute Gasteiger partial charge is 0.349 e. The molecule has 0 unspecified atom stereocenters. The van der Waals surface area contributed by atoms with Gasteiger partial charge in [-0.25, -0.2) is 4.79 Å². The number of rotatable bonds is 2. The van der Waals surface area contributed by atoms with E-state index in [1.54, 1.807) is 5.06 Å². The largest absolute Gasteiger partial charge is 0.364 e. The van der Waals surface area contributed by atoms with Gasteiger partial charge >= 0.3 is 5.97 Å². The van der Waals surface area contributed by atoms with E-state index in [2.05, 4.69) is 0 Å². The number of carbonyl (C=O) groups is 1. The van der Waals surface area contributed by atoms with Crippen molar-refractivity contribution in [3.8, 4) is 0 Å². The Kier molecular flexibility index (Phi) is 2.65. The Morgan fingerprint density at radius 2 is 2.09 bits per heavy atom. The number of hydrogen-bond donors (Lipinski definition) is 0. The van der Waals surface area contributed by atoms with Gasteiger partial charge in [-0.1, -0.05) is 5.57 Å². The Labute approximate surface area is 66.6 Å². The van der Waals surface area contributed by atoms with Crippen LogP contribution in [0.25, 0.3) is 0 Å². The summed E-state index contributed by atoms with van der Waals surface area (Å²) < 4.78 is 0. The lowest BCUT2D eigenvalue weighted by molar-refractivity contribution is -0.201. The van der Waals surface area contributed by atoms with Gasteiger partial charge in [0.25, 0.3) is 0 Å². The van der Waals surface area contributed by atoms with E-state index < -0.39 is 0 Å². The van der Waals surface area contributed by atoms with Crippen molar-refractivity contribution in [3.05, 3.63) is 11.6 Å². The molecule has 0 spiro atoms. The molecule has 0 saturated carbocycles. The maximum atomic E-state index is 10.9. The summed E-state index contributed by atoms with van der Waals surface area (Å²) in [7, 11) is 0. The van der Waals surface area contributed by atoms with Crippen LogP contribution in [0.3, 0.4) is 0 Å². The van der Waals surface area contributed by atoms with E-state index in [9.17, 15) is 4.79 Å². The van der Waals surface area contributed by atoms with Gasteiger partial charge in [-0.15, -0.1) is 5.06 Å². The molecular formula is C8H13NO2. The van der Waals surface area contributed by atoms with Crippen molar-refractivity contribution in [1.82, 2.24) is 5.06 Å². The molecule has 1 saturated heterocycles. The third-order valence-corrected chi connectivity index (χ3v) is 1.44. The molecule has 0 aromatic heterocycles. The molecule has 0 N–H and O–H groups in total. The molecule has 62 valence electrons. The standard InChI is InChI=1S/C8H13NO2/c1-7(2)6-8(10)11-9-4-3-5-9/h6H,3-5H2,1-2H3. The summed E-state index contributed by atoms with van der Waals surface area (Å²) in [5.41, 5.74) is 0.968.